The Morgan fingerprint density at radius 2 is 2.08 bits per heavy atom. The second kappa shape index (κ2) is 3.53. The maximum absolute atomic E-state index is 8.62. The van der Waals surface area contributed by atoms with Crippen molar-refractivity contribution in [2.45, 2.75) is 12.8 Å². The van der Waals surface area contributed by atoms with E-state index in [9.17, 15) is 0 Å². The van der Waals surface area contributed by atoms with Crippen molar-refractivity contribution in [1.82, 2.24) is 9.80 Å². The molecule has 0 spiro atoms. The van der Waals surface area contributed by atoms with Crippen molar-refractivity contribution in [3.63, 3.8) is 0 Å². The highest BCUT2D eigenvalue weighted by Crippen LogP contribution is 2.17. The molecule has 3 nitrogen and oxygen atoms in total. The highest BCUT2D eigenvalue weighted by molar-refractivity contribution is 5.23. The van der Waals surface area contributed by atoms with E-state index in [0.29, 0.717) is 0 Å². The molecule has 0 N–H and O–H groups in total. The van der Waals surface area contributed by atoms with Gasteiger partial charge in [-0.05, 0) is 25.0 Å². The molecule has 0 aromatic rings. The Morgan fingerprint density at radius 1 is 1.31 bits per heavy atom. The van der Waals surface area contributed by atoms with Crippen molar-refractivity contribution >= 4 is 0 Å². The Labute approximate surface area is 78.5 Å². The van der Waals surface area contributed by atoms with Crippen LogP contribution >= 0.6 is 0 Å². The zero-order valence-corrected chi connectivity index (χ0v) is 7.61. The van der Waals surface area contributed by atoms with Gasteiger partial charge in [-0.15, -0.1) is 0 Å². The predicted octanol–water partition coefficient (Wildman–Crippen LogP) is 1.28. The molecule has 2 aliphatic rings. The van der Waals surface area contributed by atoms with Gasteiger partial charge in [-0.2, -0.15) is 5.26 Å². The third-order valence-corrected chi connectivity index (χ3v) is 2.52. The molecule has 0 amide bonds. The minimum absolute atomic E-state index is 0.721. The summed E-state index contributed by atoms with van der Waals surface area (Å²) in [6, 6.07) is 0. The summed E-state index contributed by atoms with van der Waals surface area (Å²) in [6.07, 6.45) is 10.7. The number of hydrogen-bond acceptors (Lipinski definition) is 3. The van der Waals surface area contributed by atoms with Crippen molar-refractivity contribution in [2.75, 3.05) is 19.6 Å². The van der Waals surface area contributed by atoms with Crippen LogP contribution in [0.3, 0.4) is 0 Å². The van der Waals surface area contributed by atoms with E-state index in [1.165, 1.54) is 31.6 Å². The van der Waals surface area contributed by atoms with Crippen LogP contribution in [0, 0.1) is 11.5 Å². The number of likely N-dealkylation sites (tertiary alicyclic amines) is 1. The molecule has 0 aromatic carbocycles. The Hall–Kier alpha value is -1.43. The lowest BCUT2D eigenvalue weighted by atomic mass is 10.3. The van der Waals surface area contributed by atoms with Gasteiger partial charge in [0.05, 0.1) is 6.54 Å². The van der Waals surface area contributed by atoms with Crippen LogP contribution in [-0.2, 0) is 0 Å². The smallest absolute Gasteiger partial charge is 0.184 e. The van der Waals surface area contributed by atoms with E-state index in [-0.39, 0.29) is 0 Å². The van der Waals surface area contributed by atoms with E-state index >= 15 is 0 Å². The Balaban J connectivity index is 2.00. The second-order valence-electron chi connectivity index (χ2n) is 3.39. The fourth-order valence-corrected chi connectivity index (χ4v) is 1.77. The lowest BCUT2D eigenvalue weighted by molar-refractivity contribution is 0.427. The van der Waals surface area contributed by atoms with Gasteiger partial charge in [0.1, 0.15) is 0 Å². The molecule has 1 fully saturated rings. The van der Waals surface area contributed by atoms with E-state index in [1.54, 1.807) is 4.90 Å². The first kappa shape index (κ1) is 8.18. The maximum Gasteiger partial charge on any atom is 0.184 e. The summed E-state index contributed by atoms with van der Waals surface area (Å²) in [4.78, 5) is 4.00. The van der Waals surface area contributed by atoms with Crippen LogP contribution in [0.1, 0.15) is 12.8 Å². The summed E-state index contributed by atoms with van der Waals surface area (Å²) in [5.74, 6) is 0. The van der Waals surface area contributed by atoms with Gasteiger partial charge in [-0.25, -0.2) is 0 Å². The Bertz CT molecular complexity index is 279. The van der Waals surface area contributed by atoms with Crippen molar-refractivity contribution in [3.8, 4) is 6.19 Å². The van der Waals surface area contributed by atoms with Crippen molar-refractivity contribution in [3.05, 3.63) is 24.0 Å². The largest absolute Gasteiger partial charge is 0.372 e. The number of nitrogens with zero attached hydrogens (tertiary/aromatic N) is 3. The molecule has 0 radical (unpaired) electrons. The van der Waals surface area contributed by atoms with Crippen LogP contribution in [0.25, 0.3) is 0 Å². The molecule has 0 bridgehead atoms. The van der Waals surface area contributed by atoms with E-state index in [1.807, 2.05) is 12.3 Å². The molecule has 0 aromatic heterocycles. The van der Waals surface area contributed by atoms with E-state index in [4.69, 9.17) is 5.26 Å². The van der Waals surface area contributed by atoms with Crippen molar-refractivity contribution in [2.24, 2.45) is 0 Å². The number of rotatable bonds is 1. The molecule has 2 aliphatic heterocycles. The van der Waals surface area contributed by atoms with Crippen molar-refractivity contribution < 1.29 is 0 Å². The van der Waals surface area contributed by atoms with E-state index in [2.05, 4.69) is 17.2 Å². The van der Waals surface area contributed by atoms with Crippen LogP contribution in [0.2, 0.25) is 0 Å². The highest BCUT2D eigenvalue weighted by Gasteiger charge is 2.14. The van der Waals surface area contributed by atoms with E-state index < -0.39 is 0 Å². The zero-order valence-electron chi connectivity index (χ0n) is 7.61. The molecule has 0 saturated carbocycles. The van der Waals surface area contributed by atoms with Crippen LogP contribution in [0.5, 0.6) is 0 Å². The maximum atomic E-state index is 8.62. The summed E-state index contributed by atoms with van der Waals surface area (Å²) in [5.41, 5.74) is 1.28. The lowest BCUT2D eigenvalue weighted by Gasteiger charge is -2.23. The van der Waals surface area contributed by atoms with Gasteiger partial charge in [0.15, 0.2) is 6.19 Å². The monoisotopic (exact) mass is 175 g/mol. The highest BCUT2D eigenvalue weighted by atomic mass is 15.2. The predicted molar refractivity (Wildman–Crippen MR) is 50.3 cm³/mol. The third kappa shape index (κ3) is 1.67. The van der Waals surface area contributed by atoms with Crippen LogP contribution in [0.4, 0.5) is 0 Å². The first-order valence-corrected chi connectivity index (χ1v) is 4.70. The fourth-order valence-electron chi connectivity index (χ4n) is 1.77. The quantitative estimate of drug-likeness (QED) is 0.562. The standard InChI is InChI=1S/C10H13N3/c11-9-12-7-3-10(4-8-12)13-5-1-2-6-13/h3-4,7H,1-2,5-6,8H2. The third-order valence-electron chi connectivity index (χ3n) is 2.52. The molecule has 3 heteroatoms. The molecule has 1 saturated heterocycles. The number of hydrogen-bond donors (Lipinski definition) is 0. The molecular weight excluding hydrogens is 162 g/mol. The number of allylic oxidation sites excluding steroid dienone is 1. The molecule has 0 unspecified atom stereocenters. The molecular formula is C10H13N3. The lowest BCUT2D eigenvalue weighted by Crippen LogP contribution is -2.22. The van der Waals surface area contributed by atoms with Crippen LogP contribution < -0.4 is 0 Å². The average molecular weight is 175 g/mol. The molecule has 2 rings (SSSR count). The van der Waals surface area contributed by atoms with Gasteiger partial charge >= 0.3 is 0 Å². The second-order valence-corrected chi connectivity index (χ2v) is 3.39. The number of nitriles is 1. The summed E-state index contributed by atoms with van der Waals surface area (Å²) in [5, 5.41) is 8.62. The molecule has 2 heterocycles. The average Bonchev–Trinajstić information content (AvgIpc) is 2.71. The summed E-state index contributed by atoms with van der Waals surface area (Å²) in [7, 11) is 0. The van der Waals surface area contributed by atoms with Crippen molar-refractivity contribution in [1.29, 1.82) is 5.26 Å². The van der Waals surface area contributed by atoms with E-state index in [0.717, 1.165) is 6.54 Å². The first-order chi connectivity index (χ1) is 6.40. The van der Waals surface area contributed by atoms with Gasteiger partial charge < -0.3 is 4.90 Å². The SMILES string of the molecule is N#CN1C=CC(N2CCCC2)=CC1. The molecule has 13 heavy (non-hydrogen) atoms. The summed E-state index contributed by atoms with van der Waals surface area (Å²) < 4.78 is 0. The molecule has 68 valence electrons. The first-order valence-electron chi connectivity index (χ1n) is 4.70. The minimum Gasteiger partial charge on any atom is -0.372 e. The van der Waals surface area contributed by atoms with Gasteiger partial charge in [-0.1, -0.05) is 0 Å². The Kier molecular flexibility index (Phi) is 2.22. The summed E-state index contributed by atoms with van der Waals surface area (Å²) in [6.45, 7) is 3.06. The molecule has 0 atom stereocenters. The van der Waals surface area contributed by atoms with Gasteiger partial charge in [0, 0.05) is 25.0 Å². The normalized spacial score (nSPS) is 21.6. The topological polar surface area (TPSA) is 30.3 Å². The van der Waals surface area contributed by atoms with Gasteiger partial charge in [0.25, 0.3) is 0 Å². The summed E-state index contributed by atoms with van der Waals surface area (Å²) >= 11 is 0. The minimum atomic E-state index is 0.721. The zero-order chi connectivity index (χ0) is 9.10. The Morgan fingerprint density at radius 3 is 2.62 bits per heavy atom. The van der Waals surface area contributed by atoms with Gasteiger partial charge in [-0.3, -0.25) is 4.90 Å². The van der Waals surface area contributed by atoms with Crippen LogP contribution in [-0.4, -0.2) is 29.4 Å². The van der Waals surface area contributed by atoms with Crippen LogP contribution in [0.15, 0.2) is 24.0 Å². The fraction of sp³-hybridized carbons (Fsp3) is 0.500. The molecule has 0 aliphatic carbocycles. The van der Waals surface area contributed by atoms with Gasteiger partial charge in [0.2, 0.25) is 0 Å².